The lowest BCUT2D eigenvalue weighted by molar-refractivity contribution is 0.599. The Labute approximate surface area is 113 Å². The molecule has 0 saturated carbocycles. The fraction of sp³-hybridized carbons (Fsp3) is 0.111. The third-order valence-electron chi connectivity index (χ3n) is 2.02. The first-order valence-corrected chi connectivity index (χ1v) is 7.44. The standard InChI is InChI=1S/C9H9ClN4O2S2/c1-5-2-3-7(6(10)4-5)14-18(15,16)9-13-12-8(11)17-9/h2-4,14H,1H3,(H2,11,12). The van der Waals surface area contributed by atoms with Crippen molar-refractivity contribution < 1.29 is 8.42 Å². The first kappa shape index (κ1) is 13.1. The summed E-state index contributed by atoms with van der Waals surface area (Å²) in [6.45, 7) is 1.86. The summed E-state index contributed by atoms with van der Waals surface area (Å²) >= 11 is 6.73. The van der Waals surface area contributed by atoms with Crippen LogP contribution in [0.3, 0.4) is 0 Å². The lowest BCUT2D eigenvalue weighted by Gasteiger charge is -2.07. The molecule has 1 heterocycles. The number of nitrogens with one attached hydrogen (secondary N) is 1. The van der Waals surface area contributed by atoms with E-state index in [0.29, 0.717) is 5.02 Å². The first-order chi connectivity index (χ1) is 8.38. The Kier molecular flexibility index (Phi) is 3.42. The van der Waals surface area contributed by atoms with Gasteiger partial charge < -0.3 is 5.73 Å². The number of hydrogen-bond donors (Lipinski definition) is 2. The minimum absolute atomic E-state index is 0.0883. The van der Waals surface area contributed by atoms with Crippen LogP contribution < -0.4 is 10.5 Å². The van der Waals surface area contributed by atoms with Gasteiger partial charge in [-0.05, 0) is 24.6 Å². The second-order valence-corrected chi connectivity index (χ2v) is 6.77. The van der Waals surface area contributed by atoms with Crippen molar-refractivity contribution in [2.45, 2.75) is 11.3 Å². The molecule has 0 radical (unpaired) electrons. The highest BCUT2D eigenvalue weighted by atomic mass is 35.5. The second-order valence-electron chi connectivity index (χ2n) is 3.50. The number of aryl methyl sites for hydroxylation is 1. The number of hydrogen-bond acceptors (Lipinski definition) is 6. The van der Waals surface area contributed by atoms with Crippen molar-refractivity contribution in [3.63, 3.8) is 0 Å². The number of anilines is 2. The number of sulfonamides is 1. The van der Waals surface area contributed by atoms with Crippen LogP contribution in [-0.2, 0) is 10.0 Å². The molecule has 1 aromatic heterocycles. The van der Waals surface area contributed by atoms with Gasteiger partial charge in [0.15, 0.2) is 0 Å². The van der Waals surface area contributed by atoms with Gasteiger partial charge in [0.05, 0.1) is 10.7 Å². The third-order valence-corrected chi connectivity index (χ3v) is 4.82. The molecule has 0 saturated heterocycles. The Balaban J connectivity index is 2.33. The SMILES string of the molecule is Cc1ccc(NS(=O)(=O)c2nnc(N)s2)c(Cl)c1. The van der Waals surface area contributed by atoms with Crippen LogP contribution in [0, 0.1) is 6.92 Å². The van der Waals surface area contributed by atoms with Gasteiger partial charge in [-0.1, -0.05) is 29.0 Å². The molecule has 6 nitrogen and oxygen atoms in total. The summed E-state index contributed by atoms with van der Waals surface area (Å²) < 4.78 is 26.0. The van der Waals surface area contributed by atoms with Gasteiger partial charge in [-0.25, -0.2) is 0 Å². The van der Waals surface area contributed by atoms with Crippen molar-refractivity contribution in [3.8, 4) is 0 Å². The monoisotopic (exact) mass is 304 g/mol. The quantitative estimate of drug-likeness (QED) is 0.902. The zero-order chi connectivity index (χ0) is 13.3. The van der Waals surface area contributed by atoms with Gasteiger partial charge in [-0.15, -0.1) is 10.2 Å². The Morgan fingerprint density at radius 1 is 1.39 bits per heavy atom. The average molecular weight is 305 g/mol. The molecule has 0 spiro atoms. The van der Waals surface area contributed by atoms with Gasteiger partial charge in [0.25, 0.3) is 14.4 Å². The van der Waals surface area contributed by atoms with E-state index in [2.05, 4.69) is 14.9 Å². The second kappa shape index (κ2) is 4.71. The number of halogens is 1. The van der Waals surface area contributed by atoms with Crippen molar-refractivity contribution in [1.82, 2.24) is 10.2 Å². The fourth-order valence-electron chi connectivity index (χ4n) is 1.22. The van der Waals surface area contributed by atoms with Crippen molar-refractivity contribution >= 4 is 43.8 Å². The van der Waals surface area contributed by atoms with Gasteiger partial charge in [0.2, 0.25) is 5.13 Å². The molecule has 0 amide bonds. The van der Waals surface area contributed by atoms with Crippen LogP contribution in [0.2, 0.25) is 5.02 Å². The zero-order valence-corrected chi connectivity index (χ0v) is 11.6. The molecule has 0 unspecified atom stereocenters. The molecule has 0 bridgehead atoms. The minimum Gasteiger partial charge on any atom is -0.374 e. The van der Waals surface area contributed by atoms with E-state index in [1.807, 2.05) is 6.92 Å². The van der Waals surface area contributed by atoms with Crippen LogP contribution in [0.5, 0.6) is 0 Å². The van der Waals surface area contributed by atoms with Crippen LogP contribution in [0.15, 0.2) is 22.5 Å². The molecule has 0 aliphatic rings. The molecular formula is C9H9ClN4O2S2. The van der Waals surface area contributed by atoms with Crippen molar-refractivity contribution in [1.29, 1.82) is 0 Å². The maximum Gasteiger partial charge on any atom is 0.291 e. The van der Waals surface area contributed by atoms with E-state index in [9.17, 15) is 8.42 Å². The van der Waals surface area contributed by atoms with E-state index in [0.717, 1.165) is 16.9 Å². The molecule has 0 aliphatic carbocycles. The van der Waals surface area contributed by atoms with Gasteiger partial charge in [-0.3, -0.25) is 4.72 Å². The van der Waals surface area contributed by atoms with Crippen LogP contribution in [-0.4, -0.2) is 18.6 Å². The van der Waals surface area contributed by atoms with E-state index in [1.165, 1.54) is 0 Å². The van der Waals surface area contributed by atoms with E-state index in [1.54, 1.807) is 18.2 Å². The molecule has 1 aromatic carbocycles. The number of benzene rings is 1. The number of rotatable bonds is 3. The van der Waals surface area contributed by atoms with Crippen molar-refractivity contribution in [2.75, 3.05) is 10.5 Å². The predicted octanol–water partition coefficient (Wildman–Crippen LogP) is 1.88. The normalized spacial score (nSPS) is 11.4. The van der Waals surface area contributed by atoms with E-state index < -0.39 is 10.0 Å². The van der Waals surface area contributed by atoms with Gasteiger partial charge in [-0.2, -0.15) is 8.42 Å². The molecule has 96 valence electrons. The summed E-state index contributed by atoms with van der Waals surface area (Å²) in [4.78, 5) is 0. The van der Waals surface area contributed by atoms with E-state index in [4.69, 9.17) is 17.3 Å². The Morgan fingerprint density at radius 2 is 2.11 bits per heavy atom. The van der Waals surface area contributed by atoms with E-state index in [-0.39, 0.29) is 15.2 Å². The highest BCUT2D eigenvalue weighted by Gasteiger charge is 2.20. The average Bonchev–Trinajstić information content (AvgIpc) is 2.70. The topological polar surface area (TPSA) is 98.0 Å². The van der Waals surface area contributed by atoms with Crippen molar-refractivity contribution in [3.05, 3.63) is 28.8 Å². The zero-order valence-electron chi connectivity index (χ0n) is 9.21. The number of nitrogen functional groups attached to an aromatic ring is 1. The van der Waals surface area contributed by atoms with Crippen LogP contribution >= 0.6 is 22.9 Å². The van der Waals surface area contributed by atoms with Crippen molar-refractivity contribution in [2.24, 2.45) is 0 Å². The Hall–Kier alpha value is -1.38. The predicted molar refractivity (Wildman–Crippen MR) is 71.3 cm³/mol. The summed E-state index contributed by atoms with van der Waals surface area (Å²) in [5.41, 5.74) is 6.57. The smallest absolute Gasteiger partial charge is 0.291 e. The molecule has 0 aliphatic heterocycles. The molecule has 18 heavy (non-hydrogen) atoms. The highest BCUT2D eigenvalue weighted by molar-refractivity contribution is 7.94. The Morgan fingerprint density at radius 3 is 2.67 bits per heavy atom. The molecule has 3 N–H and O–H groups in total. The molecular weight excluding hydrogens is 296 g/mol. The summed E-state index contributed by atoms with van der Waals surface area (Å²) in [6, 6.07) is 4.99. The number of nitrogens with zero attached hydrogens (tertiary/aromatic N) is 2. The van der Waals surface area contributed by atoms with Gasteiger partial charge >= 0.3 is 0 Å². The largest absolute Gasteiger partial charge is 0.374 e. The van der Waals surface area contributed by atoms with E-state index >= 15 is 0 Å². The van der Waals surface area contributed by atoms with Crippen LogP contribution in [0.4, 0.5) is 10.8 Å². The highest BCUT2D eigenvalue weighted by Crippen LogP contribution is 2.26. The molecule has 2 rings (SSSR count). The Bertz CT molecular complexity index is 684. The summed E-state index contributed by atoms with van der Waals surface area (Å²) in [5.74, 6) is 0. The van der Waals surface area contributed by atoms with Crippen LogP contribution in [0.1, 0.15) is 5.56 Å². The minimum atomic E-state index is -3.80. The molecule has 2 aromatic rings. The summed E-state index contributed by atoms with van der Waals surface area (Å²) in [6.07, 6.45) is 0. The molecule has 9 heteroatoms. The maximum atomic E-state index is 11.9. The van der Waals surface area contributed by atoms with Crippen LogP contribution in [0.25, 0.3) is 0 Å². The maximum absolute atomic E-state index is 11.9. The fourth-order valence-corrected chi connectivity index (χ4v) is 3.42. The van der Waals surface area contributed by atoms with Gasteiger partial charge in [0, 0.05) is 0 Å². The third kappa shape index (κ3) is 2.71. The lowest BCUT2D eigenvalue weighted by Crippen LogP contribution is -2.13. The molecule has 0 fully saturated rings. The summed E-state index contributed by atoms with van der Waals surface area (Å²) in [5, 5.41) is 7.34. The van der Waals surface area contributed by atoms with Gasteiger partial charge in [0.1, 0.15) is 0 Å². The number of aromatic nitrogens is 2. The lowest BCUT2D eigenvalue weighted by atomic mass is 10.2. The number of nitrogens with two attached hydrogens (primary N) is 1. The first-order valence-electron chi connectivity index (χ1n) is 4.76. The summed E-state index contributed by atoms with van der Waals surface area (Å²) in [7, 11) is -3.80. The molecule has 0 atom stereocenters.